The highest BCUT2D eigenvalue weighted by Gasteiger charge is 2.24. The van der Waals surface area contributed by atoms with Crippen molar-refractivity contribution in [2.75, 3.05) is 18.2 Å². The van der Waals surface area contributed by atoms with E-state index in [4.69, 9.17) is 27.9 Å². The SMILES string of the molecule is CCOC(=O)c1c(C=O)nc(SC)nc1N[C@H](C)c1ccc(Cl)cc1Cl. The van der Waals surface area contributed by atoms with Gasteiger partial charge in [-0.2, -0.15) is 0 Å². The van der Waals surface area contributed by atoms with E-state index in [1.165, 1.54) is 11.8 Å². The smallest absolute Gasteiger partial charge is 0.344 e. The van der Waals surface area contributed by atoms with Crippen molar-refractivity contribution in [3.05, 3.63) is 45.1 Å². The van der Waals surface area contributed by atoms with Gasteiger partial charge in [-0.3, -0.25) is 4.79 Å². The molecule has 0 fully saturated rings. The maximum absolute atomic E-state index is 12.3. The highest BCUT2D eigenvalue weighted by molar-refractivity contribution is 7.98. The van der Waals surface area contributed by atoms with E-state index in [0.717, 1.165) is 5.56 Å². The topological polar surface area (TPSA) is 81.2 Å². The molecule has 0 saturated heterocycles. The lowest BCUT2D eigenvalue weighted by Gasteiger charge is -2.19. The largest absolute Gasteiger partial charge is 0.462 e. The van der Waals surface area contributed by atoms with Crippen molar-refractivity contribution >= 4 is 53.0 Å². The molecular formula is C17H17Cl2N3O3S. The van der Waals surface area contributed by atoms with E-state index in [-0.39, 0.29) is 29.7 Å². The van der Waals surface area contributed by atoms with Crippen LogP contribution in [0.4, 0.5) is 5.82 Å². The second kappa shape index (κ2) is 9.21. The third kappa shape index (κ3) is 4.66. The summed E-state index contributed by atoms with van der Waals surface area (Å²) in [5.41, 5.74) is 0.735. The number of rotatable bonds is 7. The van der Waals surface area contributed by atoms with Gasteiger partial charge in [0, 0.05) is 10.0 Å². The first-order chi connectivity index (χ1) is 12.4. The zero-order chi connectivity index (χ0) is 19.3. The lowest BCUT2D eigenvalue weighted by atomic mass is 10.1. The summed E-state index contributed by atoms with van der Waals surface area (Å²) in [6.07, 6.45) is 2.29. The van der Waals surface area contributed by atoms with Crippen LogP contribution in [0.25, 0.3) is 0 Å². The fourth-order valence-corrected chi connectivity index (χ4v) is 3.22. The molecule has 26 heavy (non-hydrogen) atoms. The van der Waals surface area contributed by atoms with E-state index < -0.39 is 5.97 Å². The van der Waals surface area contributed by atoms with Gasteiger partial charge in [-0.25, -0.2) is 14.8 Å². The Balaban J connectivity index is 2.48. The minimum Gasteiger partial charge on any atom is -0.462 e. The van der Waals surface area contributed by atoms with Crippen LogP contribution in [0.1, 0.15) is 46.3 Å². The molecule has 1 heterocycles. The molecule has 2 rings (SSSR count). The standard InChI is InChI=1S/C17H17Cl2N3O3S/c1-4-25-16(24)14-13(8-23)21-17(26-3)22-15(14)20-9(2)11-6-5-10(18)7-12(11)19/h5-9H,4H2,1-3H3,(H,20,21,22)/t9-/m1/s1. The van der Waals surface area contributed by atoms with E-state index in [1.807, 2.05) is 6.92 Å². The molecule has 0 aliphatic rings. The average molecular weight is 414 g/mol. The molecule has 138 valence electrons. The Kier molecular flexibility index (Phi) is 7.25. The first-order valence-electron chi connectivity index (χ1n) is 7.71. The summed E-state index contributed by atoms with van der Waals surface area (Å²) < 4.78 is 5.04. The first-order valence-corrected chi connectivity index (χ1v) is 9.69. The number of ether oxygens (including phenoxy) is 1. The summed E-state index contributed by atoms with van der Waals surface area (Å²) in [4.78, 5) is 32.2. The third-order valence-electron chi connectivity index (χ3n) is 3.47. The highest BCUT2D eigenvalue weighted by atomic mass is 35.5. The molecule has 0 radical (unpaired) electrons. The zero-order valence-corrected chi connectivity index (χ0v) is 16.7. The summed E-state index contributed by atoms with van der Waals surface area (Å²) in [6, 6.07) is 4.82. The summed E-state index contributed by atoms with van der Waals surface area (Å²) in [7, 11) is 0. The van der Waals surface area contributed by atoms with Crippen LogP contribution in [0, 0.1) is 0 Å². The molecule has 1 aromatic carbocycles. The number of anilines is 1. The molecule has 1 N–H and O–H groups in total. The van der Waals surface area contributed by atoms with Crippen LogP contribution < -0.4 is 5.32 Å². The quantitative estimate of drug-likeness (QED) is 0.305. The van der Waals surface area contributed by atoms with E-state index >= 15 is 0 Å². The fourth-order valence-electron chi connectivity index (χ4n) is 2.28. The van der Waals surface area contributed by atoms with Crippen molar-refractivity contribution in [2.24, 2.45) is 0 Å². The lowest BCUT2D eigenvalue weighted by Crippen LogP contribution is -2.18. The van der Waals surface area contributed by atoms with E-state index in [9.17, 15) is 9.59 Å². The molecule has 1 atom stereocenters. The summed E-state index contributed by atoms with van der Waals surface area (Å²) in [6.45, 7) is 3.70. The molecule has 0 bridgehead atoms. The van der Waals surface area contributed by atoms with Crippen molar-refractivity contribution in [3.63, 3.8) is 0 Å². The van der Waals surface area contributed by atoms with Crippen molar-refractivity contribution in [3.8, 4) is 0 Å². The van der Waals surface area contributed by atoms with Crippen LogP contribution in [-0.4, -0.2) is 35.1 Å². The number of nitrogens with one attached hydrogen (secondary N) is 1. The van der Waals surface area contributed by atoms with Gasteiger partial charge in [0.15, 0.2) is 11.4 Å². The second-order valence-corrected chi connectivity index (χ2v) is 6.81. The Morgan fingerprint density at radius 2 is 2.12 bits per heavy atom. The Labute approximate surface area is 165 Å². The van der Waals surface area contributed by atoms with Crippen LogP contribution in [0.5, 0.6) is 0 Å². The van der Waals surface area contributed by atoms with Crippen LogP contribution in [0.3, 0.4) is 0 Å². The van der Waals surface area contributed by atoms with Gasteiger partial charge in [-0.15, -0.1) is 0 Å². The second-order valence-electron chi connectivity index (χ2n) is 5.19. The van der Waals surface area contributed by atoms with Crippen LogP contribution in [-0.2, 0) is 4.74 Å². The van der Waals surface area contributed by atoms with Gasteiger partial charge in [-0.05, 0) is 37.8 Å². The summed E-state index contributed by atoms with van der Waals surface area (Å²) in [5.74, 6) is -0.456. The van der Waals surface area contributed by atoms with Crippen molar-refractivity contribution < 1.29 is 14.3 Å². The first kappa shape index (κ1) is 20.5. The molecule has 9 heteroatoms. The molecule has 0 spiro atoms. The number of carbonyl (C=O) groups excluding carboxylic acids is 2. The average Bonchev–Trinajstić information content (AvgIpc) is 2.60. The van der Waals surface area contributed by atoms with Crippen molar-refractivity contribution in [1.82, 2.24) is 9.97 Å². The van der Waals surface area contributed by atoms with Gasteiger partial charge in [-0.1, -0.05) is 41.0 Å². The highest BCUT2D eigenvalue weighted by Crippen LogP contribution is 2.30. The number of aromatic nitrogens is 2. The molecule has 6 nitrogen and oxygen atoms in total. The molecule has 0 aliphatic carbocycles. The molecule has 0 saturated carbocycles. The van der Waals surface area contributed by atoms with Crippen molar-refractivity contribution in [1.29, 1.82) is 0 Å². The van der Waals surface area contributed by atoms with Gasteiger partial charge in [0.2, 0.25) is 0 Å². The maximum atomic E-state index is 12.3. The Morgan fingerprint density at radius 3 is 2.69 bits per heavy atom. The van der Waals surface area contributed by atoms with Crippen LogP contribution >= 0.6 is 35.0 Å². The third-order valence-corrected chi connectivity index (χ3v) is 4.58. The molecule has 1 aromatic heterocycles. The summed E-state index contributed by atoms with van der Waals surface area (Å²) in [5, 5.41) is 4.48. The number of aldehydes is 1. The number of nitrogens with zero attached hydrogens (tertiary/aromatic N) is 2. The van der Waals surface area contributed by atoms with E-state index in [2.05, 4.69) is 15.3 Å². The van der Waals surface area contributed by atoms with Gasteiger partial charge in [0.05, 0.1) is 12.6 Å². The van der Waals surface area contributed by atoms with E-state index in [0.29, 0.717) is 21.5 Å². The lowest BCUT2D eigenvalue weighted by molar-refractivity contribution is 0.0524. The van der Waals surface area contributed by atoms with E-state index in [1.54, 1.807) is 31.4 Å². The van der Waals surface area contributed by atoms with Crippen molar-refractivity contribution in [2.45, 2.75) is 25.0 Å². The number of esters is 1. The summed E-state index contributed by atoms with van der Waals surface area (Å²) >= 11 is 13.4. The minimum atomic E-state index is -0.667. The predicted octanol–water partition coefficient (Wildman–Crippen LogP) is 4.67. The van der Waals surface area contributed by atoms with Crippen LogP contribution in [0.15, 0.2) is 23.4 Å². The number of benzene rings is 1. The van der Waals surface area contributed by atoms with Gasteiger partial charge in [0.1, 0.15) is 17.1 Å². The van der Waals surface area contributed by atoms with Gasteiger partial charge >= 0.3 is 5.97 Å². The minimum absolute atomic E-state index is 0.00316. The Morgan fingerprint density at radius 1 is 1.38 bits per heavy atom. The predicted molar refractivity (Wildman–Crippen MR) is 104 cm³/mol. The number of thioether (sulfide) groups is 1. The molecule has 0 aliphatic heterocycles. The molecule has 0 unspecified atom stereocenters. The normalized spacial score (nSPS) is 11.7. The number of hydrogen-bond acceptors (Lipinski definition) is 7. The Hall–Kier alpha value is -1.83. The maximum Gasteiger partial charge on any atom is 0.344 e. The van der Waals surface area contributed by atoms with Gasteiger partial charge < -0.3 is 10.1 Å². The fraction of sp³-hybridized carbons (Fsp3) is 0.294. The molecule has 0 amide bonds. The monoisotopic (exact) mass is 413 g/mol. The Bertz CT molecular complexity index is 833. The molecule has 2 aromatic rings. The number of hydrogen-bond donors (Lipinski definition) is 1. The number of carbonyl (C=O) groups is 2. The number of halogens is 2. The zero-order valence-electron chi connectivity index (χ0n) is 14.4. The van der Waals surface area contributed by atoms with Gasteiger partial charge in [0.25, 0.3) is 0 Å². The van der Waals surface area contributed by atoms with Crippen LogP contribution in [0.2, 0.25) is 10.0 Å². The molecular weight excluding hydrogens is 397 g/mol.